The molecule has 116 valence electrons. The number of carbonyl (C=O) groups excluding carboxylic acids is 1. The first-order chi connectivity index (χ1) is 10.5. The maximum absolute atomic E-state index is 13.5. The number of amides is 1. The highest BCUT2D eigenvalue weighted by atomic mass is 19.1. The van der Waals surface area contributed by atoms with E-state index >= 15 is 0 Å². The Balaban J connectivity index is 2.16. The minimum Gasteiger partial charge on any atom is -0.491 e. The van der Waals surface area contributed by atoms with E-state index < -0.39 is 17.5 Å². The summed E-state index contributed by atoms with van der Waals surface area (Å²) >= 11 is 0. The SMILES string of the molecule is CCCOc1ccc(C(=O)Nc2cc(F)ccc2F)cc1N. The molecule has 0 saturated heterocycles. The number of carbonyl (C=O) groups is 1. The van der Waals surface area contributed by atoms with Gasteiger partial charge in [-0.2, -0.15) is 0 Å². The number of ether oxygens (including phenoxy) is 1. The molecule has 2 rings (SSSR count). The van der Waals surface area contributed by atoms with Crippen LogP contribution < -0.4 is 15.8 Å². The van der Waals surface area contributed by atoms with Gasteiger partial charge in [0.25, 0.3) is 5.91 Å². The number of benzene rings is 2. The van der Waals surface area contributed by atoms with Crippen LogP contribution in [0.15, 0.2) is 36.4 Å². The van der Waals surface area contributed by atoms with Crippen molar-refractivity contribution >= 4 is 17.3 Å². The molecule has 22 heavy (non-hydrogen) atoms. The fourth-order valence-electron chi connectivity index (χ4n) is 1.82. The Labute approximate surface area is 126 Å². The molecule has 0 bridgehead atoms. The van der Waals surface area contributed by atoms with Gasteiger partial charge >= 0.3 is 0 Å². The molecule has 0 aliphatic heterocycles. The summed E-state index contributed by atoms with van der Waals surface area (Å²) < 4.78 is 32.0. The van der Waals surface area contributed by atoms with Crippen molar-refractivity contribution in [3.8, 4) is 5.75 Å². The van der Waals surface area contributed by atoms with Crippen LogP contribution in [0.25, 0.3) is 0 Å². The van der Waals surface area contributed by atoms with Crippen molar-refractivity contribution in [3.63, 3.8) is 0 Å². The molecular weight excluding hydrogens is 290 g/mol. The molecule has 0 atom stereocenters. The second kappa shape index (κ2) is 6.89. The van der Waals surface area contributed by atoms with Gasteiger partial charge in [0.1, 0.15) is 17.4 Å². The Kier molecular flexibility index (Phi) is 4.93. The van der Waals surface area contributed by atoms with Crippen molar-refractivity contribution < 1.29 is 18.3 Å². The monoisotopic (exact) mass is 306 g/mol. The highest BCUT2D eigenvalue weighted by Gasteiger charge is 2.12. The molecule has 0 fully saturated rings. The fourth-order valence-corrected chi connectivity index (χ4v) is 1.82. The Morgan fingerprint density at radius 1 is 1.23 bits per heavy atom. The van der Waals surface area contributed by atoms with Crippen LogP contribution in [-0.4, -0.2) is 12.5 Å². The van der Waals surface area contributed by atoms with E-state index in [9.17, 15) is 13.6 Å². The number of halogens is 2. The first kappa shape index (κ1) is 15.8. The summed E-state index contributed by atoms with van der Waals surface area (Å²) in [6, 6.07) is 7.34. The summed E-state index contributed by atoms with van der Waals surface area (Å²) in [5.41, 5.74) is 6.11. The molecule has 0 unspecified atom stereocenters. The Hall–Kier alpha value is -2.63. The average molecular weight is 306 g/mol. The van der Waals surface area contributed by atoms with Crippen molar-refractivity contribution in [1.82, 2.24) is 0 Å². The summed E-state index contributed by atoms with van der Waals surface area (Å²) in [7, 11) is 0. The van der Waals surface area contributed by atoms with Gasteiger partial charge in [0.05, 0.1) is 18.0 Å². The van der Waals surface area contributed by atoms with Gasteiger partial charge in [0.2, 0.25) is 0 Å². The Morgan fingerprint density at radius 3 is 2.68 bits per heavy atom. The van der Waals surface area contributed by atoms with E-state index in [1.807, 2.05) is 6.92 Å². The second-order valence-electron chi connectivity index (χ2n) is 4.68. The molecule has 0 heterocycles. The Bertz CT molecular complexity index is 690. The highest BCUT2D eigenvalue weighted by Crippen LogP contribution is 2.24. The molecular formula is C16H16F2N2O2. The topological polar surface area (TPSA) is 64.3 Å². The van der Waals surface area contributed by atoms with Gasteiger partial charge in [-0.1, -0.05) is 6.92 Å². The first-order valence-corrected chi connectivity index (χ1v) is 6.80. The number of rotatable bonds is 5. The lowest BCUT2D eigenvalue weighted by Crippen LogP contribution is -2.13. The number of hydrogen-bond acceptors (Lipinski definition) is 3. The van der Waals surface area contributed by atoms with E-state index in [0.717, 1.165) is 24.6 Å². The van der Waals surface area contributed by atoms with Gasteiger partial charge in [-0.15, -0.1) is 0 Å². The van der Waals surface area contributed by atoms with E-state index in [2.05, 4.69) is 5.32 Å². The van der Waals surface area contributed by atoms with Crippen LogP contribution in [0.2, 0.25) is 0 Å². The lowest BCUT2D eigenvalue weighted by Gasteiger charge is -2.10. The van der Waals surface area contributed by atoms with E-state index in [-0.39, 0.29) is 11.3 Å². The van der Waals surface area contributed by atoms with Crippen molar-refractivity contribution in [2.24, 2.45) is 0 Å². The van der Waals surface area contributed by atoms with E-state index in [1.54, 1.807) is 6.07 Å². The summed E-state index contributed by atoms with van der Waals surface area (Å²) in [5.74, 6) is -1.46. The van der Waals surface area contributed by atoms with Crippen molar-refractivity contribution in [2.45, 2.75) is 13.3 Å². The Morgan fingerprint density at radius 2 is 2.00 bits per heavy atom. The van der Waals surface area contributed by atoms with Crippen LogP contribution in [0.3, 0.4) is 0 Å². The van der Waals surface area contributed by atoms with Gasteiger partial charge in [-0.3, -0.25) is 4.79 Å². The fraction of sp³-hybridized carbons (Fsp3) is 0.188. The maximum atomic E-state index is 13.5. The molecule has 0 saturated carbocycles. The van der Waals surface area contributed by atoms with Crippen molar-refractivity contribution in [3.05, 3.63) is 53.6 Å². The molecule has 2 aromatic rings. The van der Waals surface area contributed by atoms with E-state index in [0.29, 0.717) is 18.0 Å². The third-order valence-corrected chi connectivity index (χ3v) is 2.91. The number of nitrogens with two attached hydrogens (primary N) is 1. The molecule has 0 radical (unpaired) electrons. The van der Waals surface area contributed by atoms with Crippen LogP contribution in [0.5, 0.6) is 5.75 Å². The van der Waals surface area contributed by atoms with E-state index in [4.69, 9.17) is 10.5 Å². The highest BCUT2D eigenvalue weighted by molar-refractivity contribution is 6.05. The number of anilines is 2. The quantitative estimate of drug-likeness (QED) is 0.830. The lowest BCUT2D eigenvalue weighted by molar-refractivity contribution is 0.102. The van der Waals surface area contributed by atoms with Gasteiger partial charge in [0.15, 0.2) is 0 Å². The molecule has 0 aliphatic carbocycles. The zero-order valence-electron chi connectivity index (χ0n) is 12.0. The lowest BCUT2D eigenvalue weighted by atomic mass is 10.1. The molecule has 0 aromatic heterocycles. The minimum absolute atomic E-state index is 0.227. The van der Waals surface area contributed by atoms with Crippen LogP contribution in [0.1, 0.15) is 23.7 Å². The van der Waals surface area contributed by atoms with Gasteiger partial charge in [-0.25, -0.2) is 8.78 Å². The van der Waals surface area contributed by atoms with E-state index in [1.165, 1.54) is 12.1 Å². The minimum atomic E-state index is -0.717. The molecule has 1 amide bonds. The van der Waals surface area contributed by atoms with Crippen LogP contribution in [-0.2, 0) is 0 Å². The summed E-state index contributed by atoms with van der Waals surface area (Å²) in [6.07, 6.45) is 0.834. The molecule has 6 heteroatoms. The summed E-state index contributed by atoms with van der Waals surface area (Å²) in [5, 5.41) is 2.31. The smallest absolute Gasteiger partial charge is 0.255 e. The van der Waals surface area contributed by atoms with Gasteiger partial charge in [0, 0.05) is 11.6 Å². The van der Waals surface area contributed by atoms with Crippen LogP contribution >= 0.6 is 0 Å². The molecule has 0 aliphatic rings. The normalized spacial score (nSPS) is 10.3. The molecule has 3 N–H and O–H groups in total. The standard InChI is InChI=1S/C16H16F2N2O2/c1-2-7-22-15-6-3-10(8-13(15)19)16(21)20-14-9-11(17)4-5-12(14)18/h3-6,8-9H,2,7,19H2,1H3,(H,20,21). The number of hydrogen-bond donors (Lipinski definition) is 2. The second-order valence-corrected chi connectivity index (χ2v) is 4.68. The molecule has 0 spiro atoms. The zero-order valence-corrected chi connectivity index (χ0v) is 12.0. The predicted octanol–water partition coefficient (Wildman–Crippen LogP) is 3.59. The van der Waals surface area contributed by atoms with Crippen molar-refractivity contribution in [1.29, 1.82) is 0 Å². The average Bonchev–Trinajstić information content (AvgIpc) is 2.49. The largest absolute Gasteiger partial charge is 0.491 e. The van der Waals surface area contributed by atoms with Crippen LogP contribution in [0, 0.1) is 11.6 Å². The summed E-state index contributed by atoms with van der Waals surface area (Å²) in [6.45, 7) is 2.48. The molecule has 2 aromatic carbocycles. The zero-order chi connectivity index (χ0) is 16.1. The third kappa shape index (κ3) is 3.72. The third-order valence-electron chi connectivity index (χ3n) is 2.91. The van der Waals surface area contributed by atoms with Gasteiger partial charge < -0.3 is 15.8 Å². The predicted molar refractivity (Wildman–Crippen MR) is 81.0 cm³/mol. The molecule has 4 nitrogen and oxygen atoms in total. The number of nitrogens with one attached hydrogen (secondary N) is 1. The first-order valence-electron chi connectivity index (χ1n) is 6.80. The van der Waals surface area contributed by atoms with Crippen LogP contribution in [0.4, 0.5) is 20.2 Å². The van der Waals surface area contributed by atoms with Gasteiger partial charge in [-0.05, 0) is 36.8 Å². The maximum Gasteiger partial charge on any atom is 0.255 e. The van der Waals surface area contributed by atoms with Crippen molar-refractivity contribution in [2.75, 3.05) is 17.7 Å². The summed E-state index contributed by atoms with van der Waals surface area (Å²) in [4.78, 5) is 12.1. The number of nitrogen functional groups attached to an aromatic ring is 1.